The molecule has 0 radical (unpaired) electrons. The Morgan fingerprint density at radius 3 is 2.52 bits per heavy atom. The maximum Gasteiger partial charge on any atom is 0.287 e. The van der Waals surface area contributed by atoms with Crippen LogP contribution in [0.4, 0.5) is 5.69 Å². The Morgan fingerprint density at radius 2 is 2.05 bits per heavy atom. The van der Waals surface area contributed by atoms with E-state index in [-0.39, 0.29) is 28.7 Å². The lowest BCUT2D eigenvalue weighted by Crippen LogP contribution is -2.36. The molecule has 116 valence electrons. The number of carbonyl (C=O) groups excluding carboxylic acids is 1. The molecule has 1 aromatic rings. The van der Waals surface area contributed by atoms with E-state index in [1.54, 1.807) is 0 Å². The molecule has 0 aliphatic carbocycles. The van der Waals surface area contributed by atoms with Gasteiger partial charge in [0.15, 0.2) is 0 Å². The lowest BCUT2D eigenvalue weighted by molar-refractivity contribution is -0.384. The highest BCUT2D eigenvalue weighted by Crippen LogP contribution is 2.24. The summed E-state index contributed by atoms with van der Waals surface area (Å²) in [6.45, 7) is 4.10. The lowest BCUT2D eigenvalue weighted by atomic mass is 9.96. The van der Waals surface area contributed by atoms with Gasteiger partial charge < -0.3 is 10.4 Å². The van der Waals surface area contributed by atoms with Gasteiger partial charge in [-0.05, 0) is 18.1 Å². The Balaban J connectivity index is 2.68. The fraction of sp³-hybridized carbons (Fsp3) is 0.500. The number of rotatable bonds is 7. The number of halogens is 1. The van der Waals surface area contributed by atoms with Crippen LogP contribution < -0.4 is 5.32 Å². The van der Waals surface area contributed by atoms with Gasteiger partial charge in [0.25, 0.3) is 11.6 Å². The molecule has 2 N–H and O–H groups in total. The maximum absolute atomic E-state index is 11.9. The second-order valence-electron chi connectivity index (χ2n) is 4.78. The molecule has 0 heterocycles. The van der Waals surface area contributed by atoms with Crippen LogP contribution in [0.2, 0.25) is 5.02 Å². The number of hydrogen-bond acceptors (Lipinski definition) is 4. The van der Waals surface area contributed by atoms with Crippen molar-refractivity contribution in [1.29, 1.82) is 0 Å². The molecule has 0 saturated heterocycles. The zero-order valence-electron chi connectivity index (χ0n) is 12.0. The minimum absolute atomic E-state index is 0.0896. The van der Waals surface area contributed by atoms with E-state index >= 15 is 0 Å². The van der Waals surface area contributed by atoms with Crippen molar-refractivity contribution >= 4 is 23.2 Å². The van der Waals surface area contributed by atoms with Gasteiger partial charge in [-0.25, -0.2) is 0 Å². The fourth-order valence-electron chi connectivity index (χ4n) is 2.10. The Morgan fingerprint density at radius 1 is 1.43 bits per heavy atom. The maximum atomic E-state index is 11.9. The van der Waals surface area contributed by atoms with Crippen LogP contribution in [0.25, 0.3) is 0 Å². The molecule has 0 spiro atoms. The second-order valence-corrected chi connectivity index (χ2v) is 5.18. The smallest absolute Gasteiger partial charge is 0.287 e. The standard InChI is InChI=1S/C14H19ClN2O4/c1-3-9(4-2)13(18)8-16-14(19)10-5-6-12(17(20)21)11(15)7-10/h5-7,9,13,18H,3-4,8H2,1-2H3,(H,16,19). The Labute approximate surface area is 128 Å². The van der Waals surface area contributed by atoms with Crippen molar-refractivity contribution in [3.63, 3.8) is 0 Å². The van der Waals surface area contributed by atoms with Crippen LogP contribution in [0.15, 0.2) is 18.2 Å². The van der Waals surface area contributed by atoms with Crippen molar-refractivity contribution in [3.05, 3.63) is 38.9 Å². The highest BCUT2D eigenvalue weighted by Gasteiger charge is 2.18. The summed E-state index contributed by atoms with van der Waals surface area (Å²) in [6, 6.07) is 3.77. The number of nitro benzene ring substituents is 1. The number of nitrogens with zero attached hydrogens (tertiary/aromatic N) is 1. The first kappa shape index (κ1) is 17.4. The summed E-state index contributed by atoms with van der Waals surface area (Å²) in [4.78, 5) is 22.0. The molecule has 0 fully saturated rings. The third kappa shape index (κ3) is 4.68. The van der Waals surface area contributed by atoms with E-state index in [0.29, 0.717) is 0 Å². The van der Waals surface area contributed by atoms with Gasteiger partial charge in [0.1, 0.15) is 5.02 Å². The molecule has 1 atom stereocenters. The summed E-state index contributed by atoms with van der Waals surface area (Å²) in [7, 11) is 0. The van der Waals surface area contributed by atoms with Crippen molar-refractivity contribution in [2.45, 2.75) is 32.8 Å². The van der Waals surface area contributed by atoms with Crippen molar-refractivity contribution in [3.8, 4) is 0 Å². The highest BCUT2D eigenvalue weighted by atomic mass is 35.5. The quantitative estimate of drug-likeness (QED) is 0.598. The average molecular weight is 315 g/mol. The van der Waals surface area contributed by atoms with Crippen molar-refractivity contribution in [2.75, 3.05) is 6.54 Å². The number of benzene rings is 1. The van der Waals surface area contributed by atoms with Gasteiger partial charge in [0.2, 0.25) is 0 Å². The summed E-state index contributed by atoms with van der Waals surface area (Å²) in [6.07, 6.45) is 1.05. The summed E-state index contributed by atoms with van der Waals surface area (Å²) in [5, 5.41) is 23.1. The van der Waals surface area contributed by atoms with E-state index in [9.17, 15) is 20.0 Å². The first-order valence-corrected chi connectivity index (χ1v) is 7.18. The van der Waals surface area contributed by atoms with Gasteiger partial charge in [-0.1, -0.05) is 38.3 Å². The first-order valence-electron chi connectivity index (χ1n) is 6.80. The molecule has 1 aromatic carbocycles. The van der Waals surface area contributed by atoms with E-state index in [1.807, 2.05) is 13.8 Å². The lowest BCUT2D eigenvalue weighted by Gasteiger charge is -2.20. The minimum atomic E-state index is -0.613. The number of aliphatic hydroxyl groups is 1. The van der Waals surface area contributed by atoms with Crippen molar-refractivity contribution in [1.82, 2.24) is 5.32 Å². The summed E-state index contributed by atoms with van der Waals surface area (Å²) in [5.41, 5.74) is -0.0207. The molecular formula is C14H19ClN2O4. The summed E-state index contributed by atoms with van der Waals surface area (Å²) < 4.78 is 0. The van der Waals surface area contributed by atoms with Crippen molar-refractivity contribution < 1.29 is 14.8 Å². The predicted octanol–water partition coefficient (Wildman–Crippen LogP) is 2.78. The predicted molar refractivity (Wildman–Crippen MR) is 80.5 cm³/mol. The van der Waals surface area contributed by atoms with Crippen LogP contribution in [0.5, 0.6) is 0 Å². The monoisotopic (exact) mass is 314 g/mol. The van der Waals surface area contributed by atoms with E-state index in [0.717, 1.165) is 12.8 Å². The molecule has 21 heavy (non-hydrogen) atoms. The largest absolute Gasteiger partial charge is 0.391 e. The van der Waals surface area contributed by atoms with Crippen molar-refractivity contribution in [2.24, 2.45) is 5.92 Å². The Kier molecular flexibility index (Phi) is 6.58. The minimum Gasteiger partial charge on any atom is -0.391 e. The summed E-state index contributed by atoms with van der Waals surface area (Å²) in [5.74, 6) is -0.289. The van der Waals surface area contributed by atoms with Gasteiger partial charge in [-0.3, -0.25) is 14.9 Å². The molecule has 6 nitrogen and oxygen atoms in total. The number of amides is 1. The topological polar surface area (TPSA) is 92.5 Å². The van der Waals surface area contributed by atoms with Gasteiger partial charge in [0, 0.05) is 18.2 Å². The van der Waals surface area contributed by atoms with Gasteiger partial charge >= 0.3 is 0 Å². The molecule has 0 aromatic heterocycles. The molecule has 1 unspecified atom stereocenters. The zero-order chi connectivity index (χ0) is 16.0. The van der Waals surface area contributed by atoms with E-state index in [2.05, 4.69) is 5.32 Å². The van der Waals surface area contributed by atoms with Crippen LogP contribution in [0.1, 0.15) is 37.0 Å². The first-order chi connectivity index (χ1) is 9.90. The third-order valence-electron chi connectivity index (χ3n) is 3.47. The third-order valence-corrected chi connectivity index (χ3v) is 3.77. The van der Waals surface area contributed by atoms with Gasteiger partial charge in [0.05, 0.1) is 11.0 Å². The molecule has 0 aliphatic rings. The number of nitrogens with one attached hydrogen (secondary N) is 1. The average Bonchev–Trinajstić information content (AvgIpc) is 2.45. The van der Waals surface area contributed by atoms with Crippen LogP contribution >= 0.6 is 11.6 Å². The molecule has 1 rings (SSSR count). The van der Waals surface area contributed by atoms with E-state index in [1.165, 1.54) is 18.2 Å². The normalized spacial score (nSPS) is 12.2. The number of hydrogen-bond donors (Lipinski definition) is 2. The number of nitro groups is 1. The van der Waals surface area contributed by atoms with Crippen LogP contribution in [0.3, 0.4) is 0 Å². The van der Waals surface area contributed by atoms with E-state index in [4.69, 9.17) is 11.6 Å². The Bertz CT molecular complexity index is 518. The number of aliphatic hydroxyl groups excluding tert-OH is 1. The molecular weight excluding hydrogens is 296 g/mol. The van der Waals surface area contributed by atoms with Crippen LogP contribution in [0, 0.1) is 16.0 Å². The number of carbonyl (C=O) groups is 1. The van der Waals surface area contributed by atoms with Crippen LogP contribution in [-0.4, -0.2) is 28.6 Å². The fourth-order valence-corrected chi connectivity index (χ4v) is 2.34. The molecule has 0 aliphatic heterocycles. The molecule has 0 saturated carbocycles. The van der Waals surface area contributed by atoms with Crippen LogP contribution in [-0.2, 0) is 0 Å². The molecule has 1 amide bonds. The second kappa shape index (κ2) is 7.95. The molecule has 7 heteroatoms. The molecule has 0 bridgehead atoms. The SMILES string of the molecule is CCC(CC)C(O)CNC(=O)c1ccc([N+](=O)[O-])c(Cl)c1. The highest BCUT2D eigenvalue weighted by molar-refractivity contribution is 6.33. The Hall–Kier alpha value is -1.66. The zero-order valence-corrected chi connectivity index (χ0v) is 12.8. The van der Waals surface area contributed by atoms with Gasteiger partial charge in [-0.15, -0.1) is 0 Å². The van der Waals surface area contributed by atoms with E-state index < -0.39 is 16.9 Å². The van der Waals surface area contributed by atoms with Gasteiger partial charge in [-0.2, -0.15) is 0 Å². The summed E-state index contributed by atoms with van der Waals surface area (Å²) >= 11 is 5.76.